The van der Waals surface area contributed by atoms with Crippen LogP contribution in [0.3, 0.4) is 0 Å². The first kappa shape index (κ1) is 14.5. The average molecular weight is 250 g/mol. The van der Waals surface area contributed by atoms with Crippen molar-refractivity contribution >= 4 is 5.91 Å². The second-order valence-corrected chi connectivity index (χ2v) is 4.53. The first-order chi connectivity index (χ1) is 8.54. The van der Waals surface area contributed by atoms with Crippen LogP contribution >= 0.6 is 0 Å². The Morgan fingerprint density at radius 1 is 1.44 bits per heavy atom. The Hall–Kier alpha value is -1.55. The van der Waals surface area contributed by atoms with Gasteiger partial charge in [-0.3, -0.25) is 4.79 Å². The molecule has 0 aromatic heterocycles. The molecule has 1 rings (SSSR count). The number of amides is 1. The lowest BCUT2D eigenvalue weighted by molar-refractivity contribution is -0.120. The molecule has 0 bridgehead atoms. The van der Waals surface area contributed by atoms with E-state index in [0.717, 1.165) is 24.3 Å². The maximum atomic E-state index is 11.5. The minimum Gasteiger partial charge on any atom is -0.491 e. The van der Waals surface area contributed by atoms with Gasteiger partial charge >= 0.3 is 0 Å². The van der Waals surface area contributed by atoms with Gasteiger partial charge in [0.25, 0.3) is 0 Å². The summed E-state index contributed by atoms with van der Waals surface area (Å²) in [4.78, 5) is 11.5. The fourth-order valence-electron chi connectivity index (χ4n) is 1.71. The van der Waals surface area contributed by atoms with E-state index in [1.165, 1.54) is 0 Å². The molecule has 1 atom stereocenters. The van der Waals surface area contributed by atoms with Crippen LogP contribution in [-0.2, 0) is 4.79 Å². The zero-order chi connectivity index (χ0) is 13.5. The third-order valence-corrected chi connectivity index (χ3v) is 2.45. The second kappa shape index (κ2) is 7.01. The molecular formula is C14H22N2O2. The quantitative estimate of drug-likeness (QED) is 0.778. The molecule has 0 spiro atoms. The first-order valence-electron chi connectivity index (χ1n) is 6.34. The molecule has 18 heavy (non-hydrogen) atoms. The van der Waals surface area contributed by atoms with Gasteiger partial charge in [-0.25, -0.2) is 0 Å². The topological polar surface area (TPSA) is 64.3 Å². The van der Waals surface area contributed by atoms with Crippen LogP contribution in [0.25, 0.3) is 0 Å². The lowest BCUT2D eigenvalue weighted by Crippen LogP contribution is -2.34. The molecule has 0 heterocycles. The van der Waals surface area contributed by atoms with E-state index in [1.807, 2.05) is 45.0 Å². The normalized spacial score (nSPS) is 12.4. The van der Waals surface area contributed by atoms with Crippen LogP contribution in [0.2, 0.25) is 0 Å². The molecule has 0 aliphatic heterocycles. The minimum atomic E-state index is -0.458. The summed E-state index contributed by atoms with van der Waals surface area (Å²) >= 11 is 0. The predicted molar refractivity (Wildman–Crippen MR) is 72.4 cm³/mol. The summed E-state index contributed by atoms with van der Waals surface area (Å²) in [5.74, 6) is 0.386. The Kier molecular flexibility index (Phi) is 5.65. The molecule has 0 aliphatic rings. The number of benzene rings is 1. The van der Waals surface area contributed by atoms with Crippen LogP contribution in [0, 0.1) is 0 Å². The number of nitrogens with one attached hydrogen (secondary N) is 1. The Morgan fingerprint density at radius 2 is 2.17 bits per heavy atom. The monoisotopic (exact) mass is 250 g/mol. The molecule has 4 nitrogen and oxygen atoms in total. The van der Waals surface area contributed by atoms with Crippen molar-refractivity contribution in [3.63, 3.8) is 0 Å². The van der Waals surface area contributed by atoms with Gasteiger partial charge < -0.3 is 15.8 Å². The molecule has 0 saturated carbocycles. The van der Waals surface area contributed by atoms with Crippen molar-refractivity contribution in [3.8, 4) is 5.75 Å². The number of nitrogens with two attached hydrogens (primary N) is 1. The van der Waals surface area contributed by atoms with Gasteiger partial charge in [0.2, 0.25) is 5.91 Å². The largest absolute Gasteiger partial charge is 0.491 e. The van der Waals surface area contributed by atoms with Crippen molar-refractivity contribution in [1.82, 2.24) is 5.32 Å². The molecule has 1 unspecified atom stereocenters. The highest BCUT2D eigenvalue weighted by atomic mass is 16.5. The highest BCUT2D eigenvalue weighted by Crippen LogP contribution is 2.20. The number of ether oxygens (including phenoxy) is 1. The summed E-state index contributed by atoms with van der Waals surface area (Å²) in [6.07, 6.45) is 1.06. The molecule has 0 fully saturated rings. The van der Waals surface area contributed by atoms with Gasteiger partial charge in [0.05, 0.1) is 6.10 Å². The first-order valence-corrected chi connectivity index (χ1v) is 6.34. The third-order valence-electron chi connectivity index (χ3n) is 2.45. The van der Waals surface area contributed by atoms with E-state index >= 15 is 0 Å². The zero-order valence-corrected chi connectivity index (χ0v) is 11.3. The van der Waals surface area contributed by atoms with E-state index in [0.29, 0.717) is 0 Å². The van der Waals surface area contributed by atoms with E-state index in [9.17, 15) is 4.79 Å². The van der Waals surface area contributed by atoms with Crippen LogP contribution in [0.15, 0.2) is 24.3 Å². The molecule has 0 radical (unpaired) electrons. The molecule has 1 amide bonds. The second-order valence-electron chi connectivity index (χ2n) is 4.53. The van der Waals surface area contributed by atoms with Crippen LogP contribution in [0.4, 0.5) is 0 Å². The van der Waals surface area contributed by atoms with E-state index in [1.54, 1.807) is 0 Å². The van der Waals surface area contributed by atoms with E-state index in [2.05, 4.69) is 5.32 Å². The summed E-state index contributed by atoms with van der Waals surface area (Å²) in [5.41, 5.74) is 6.26. The summed E-state index contributed by atoms with van der Waals surface area (Å²) in [6, 6.07) is 7.03. The highest BCUT2D eigenvalue weighted by Gasteiger charge is 2.17. The van der Waals surface area contributed by atoms with Crippen LogP contribution in [0.1, 0.15) is 38.8 Å². The summed E-state index contributed by atoms with van der Waals surface area (Å²) < 4.78 is 5.61. The van der Waals surface area contributed by atoms with Crippen molar-refractivity contribution in [2.45, 2.75) is 39.3 Å². The van der Waals surface area contributed by atoms with Crippen molar-refractivity contribution in [1.29, 1.82) is 0 Å². The zero-order valence-electron chi connectivity index (χ0n) is 11.3. The van der Waals surface area contributed by atoms with Crippen LogP contribution in [0.5, 0.6) is 5.75 Å². The molecule has 3 N–H and O–H groups in total. The Bertz CT molecular complexity index is 391. The van der Waals surface area contributed by atoms with Gasteiger partial charge in [0, 0.05) is 0 Å². The van der Waals surface area contributed by atoms with Crippen molar-refractivity contribution < 1.29 is 9.53 Å². The SMILES string of the molecule is CCCNC(C(N)=O)c1cccc(OC(C)C)c1. The minimum absolute atomic E-state index is 0.107. The number of primary amides is 1. The van der Waals surface area contributed by atoms with Gasteiger partial charge in [-0.15, -0.1) is 0 Å². The maximum Gasteiger partial charge on any atom is 0.239 e. The standard InChI is InChI=1S/C14H22N2O2/c1-4-8-16-13(14(15)17)11-6-5-7-12(9-11)18-10(2)3/h5-7,9-10,13,16H,4,8H2,1-3H3,(H2,15,17). The Labute approximate surface area is 109 Å². The lowest BCUT2D eigenvalue weighted by atomic mass is 10.1. The highest BCUT2D eigenvalue weighted by molar-refractivity contribution is 5.81. The summed E-state index contributed by atoms with van der Waals surface area (Å²) in [7, 11) is 0. The van der Waals surface area contributed by atoms with Gasteiger partial charge in [0.15, 0.2) is 0 Å². The molecule has 100 valence electrons. The summed E-state index contributed by atoms with van der Waals surface area (Å²) in [6.45, 7) is 6.73. The predicted octanol–water partition coefficient (Wildman–Crippen LogP) is 2.00. The Morgan fingerprint density at radius 3 is 2.72 bits per heavy atom. The fourth-order valence-corrected chi connectivity index (χ4v) is 1.71. The smallest absolute Gasteiger partial charge is 0.239 e. The van der Waals surface area contributed by atoms with Gasteiger partial charge in [-0.2, -0.15) is 0 Å². The Balaban J connectivity index is 2.87. The molecule has 1 aromatic rings. The van der Waals surface area contributed by atoms with Gasteiger partial charge in [-0.1, -0.05) is 19.1 Å². The fraction of sp³-hybridized carbons (Fsp3) is 0.500. The van der Waals surface area contributed by atoms with Crippen molar-refractivity contribution in [3.05, 3.63) is 29.8 Å². The van der Waals surface area contributed by atoms with Crippen molar-refractivity contribution in [2.24, 2.45) is 5.73 Å². The number of hydrogen-bond donors (Lipinski definition) is 2. The average Bonchev–Trinajstić information content (AvgIpc) is 2.28. The maximum absolute atomic E-state index is 11.5. The summed E-state index contributed by atoms with van der Waals surface area (Å²) in [5, 5.41) is 3.14. The lowest BCUT2D eigenvalue weighted by Gasteiger charge is -2.17. The number of carbonyl (C=O) groups is 1. The number of carbonyl (C=O) groups excluding carboxylic acids is 1. The number of rotatable bonds is 7. The molecule has 1 aromatic carbocycles. The van der Waals surface area contributed by atoms with Crippen molar-refractivity contribution in [2.75, 3.05) is 6.54 Å². The van der Waals surface area contributed by atoms with E-state index in [-0.39, 0.29) is 12.0 Å². The molecule has 0 saturated heterocycles. The van der Waals surface area contributed by atoms with E-state index in [4.69, 9.17) is 10.5 Å². The van der Waals surface area contributed by atoms with Gasteiger partial charge in [-0.05, 0) is 44.5 Å². The molecular weight excluding hydrogens is 228 g/mol. The molecule has 0 aliphatic carbocycles. The van der Waals surface area contributed by atoms with Crippen LogP contribution in [-0.4, -0.2) is 18.6 Å². The molecule has 4 heteroatoms. The third kappa shape index (κ3) is 4.37. The van der Waals surface area contributed by atoms with E-state index < -0.39 is 6.04 Å². The number of hydrogen-bond acceptors (Lipinski definition) is 3. The van der Waals surface area contributed by atoms with Crippen LogP contribution < -0.4 is 15.8 Å². The van der Waals surface area contributed by atoms with Gasteiger partial charge in [0.1, 0.15) is 11.8 Å².